The molecule has 0 atom stereocenters. The second-order valence-corrected chi connectivity index (χ2v) is 4.24. The van der Waals surface area contributed by atoms with Crippen LogP contribution >= 0.6 is 0 Å². The predicted octanol–water partition coefficient (Wildman–Crippen LogP) is 2.74. The number of pyridine rings is 1. The Labute approximate surface area is 122 Å². The topological polar surface area (TPSA) is 63.1 Å². The highest BCUT2D eigenvalue weighted by Gasteiger charge is 2.08. The number of benzene rings is 1. The molecule has 0 radical (unpaired) electrons. The molecule has 21 heavy (non-hydrogen) atoms. The van der Waals surface area contributed by atoms with Crippen molar-refractivity contribution in [3.05, 3.63) is 84.6 Å². The average molecular weight is 275 g/mol. The van der Waals surface area contributed by atoms with Gasteiger partial charge < -0.3 is 0 Å². The fourth-order valence-corrected chi connectivity index (χ4v) is 1.83. The molecule has 5 heteroatoms. The summed E-state index contributed by atoms with van der Waals surface area (Å²) in [6.45, 7) is 0. The number of anilines is 1. The smallest absolute Gasteiger partial charge is 0.146 e. The number of hydrogen-bond donors (Lipinski definition) is 1. The zero-order valence-electron chi connectivity index (χ0n) is 11.2. The molecule has 0 aliphatic rings. The summed E-state index contributed by atoms with van der Waals surface area (Å²) in [5, 5.41) is 4.44. The normalized spacial score (nSPS) is 11.1. The Hall–Kier alpha value is -3.08. The summed E-state index contributed by atoms with van der Waals surface area (Å²) in [5.41, 5.74) is 5.33. The zero-order valence-corrected chi connectivity index (χ0v) is 11.2. The molecule has 0 amide bonds. The first kappa shape index (κ1) is 12.9. The molecule has 1 aromatic carbocycles. The van der Waals surface area contributed by atoms with Crippen molar-refractivity contribution in [3.8, 4) is 0 Å². The molecule has 3 rings (SSSR count). The van der Waals surface area contributed by atoms with E-state index < -0.39 is 0 Å². The number of hydrazone groups is 1. The highest BCUT2D eigenvalue weighted by molar-refractivity contribution is 6.11. The van der Waals surface area contributed by atoms with Crippen molar-refractivity contribution >= 4 is 11.5 Å². The van der Waals surface area contributed by atoms with Gasteiger partial charge in [0.1, 0.15) is 17.2 Å². The standard InChI is InChI=1S/C16H13N5/c1-2-6-13(7-3-1)16(14-12-17-10-11-18-14)21-20-15-8-4-5-9-19-15/h1-12H,(H,19,20)/b21-16-. The largest absolute Gasteiger partial charge is 0.261 e. The van der Waals surface area contributed by atoms with E-state index in [1.165, 1.54) is 0 Å². The van der Waals surface area contributed by atoms with Gasteiger partial charge in [0, 0.05) is 24.2 Å². The Morgan fingerprint density at radius 1 is 0.857 bits per heavy atom. The van der Waals surface area contributed by atoms with Crippen LogP contribution in [0.2, 0.25) is 0 Å². The number of nitrogens with one attached hydrogen (secondary N) is 1. The molecule has 0 spiro atoms. The summed E-state index contributed by atoms with van der Waals surface area (Å²) < 4.78 is 0. The van der Waals surface area contributed by atoms with Crippen molar-refractivity contribution in [3.63, 3.8) is 0 Å². The molecule has 5 nitrogen and oxygen atoms in total. The molecule has 0 saturated heterocycles. The summed E-state index contributed by atoms with van der Waals surface area (Å²) in [7, 11) is 0. The maximum atomic E-state index is 4.44. The molecule has 2 aromatic heterocycles. The molecule has 0 bridgehead atoms. The van der Waals surface area contributed by atoms with Crippen molar-refractivity contribution in [1.82, 2.24) is 15.0 Å². The Balaban J connectivity index is 1.97. The van der Waals surface area contributed by atoms with Gasteiger partial charge in [0.05, 0.1) is 6.20 Å². The van der Waals surface area contributed by atoms with E-state index in [0.717, 1.165) is 5.56 Å². The van der Waals surface area contributed by atoms with Crippen LogP contribution in [0.5, 0.6) is 0 Å². The lowest BCUT2D eigenvalue weighted by Gasteiger charge is -2.06. The quantitative estimate of drug-likeness (QED) is 0.587. The van der Waals surface area contributed by atoms with E-state index in [9.17, 15) is 0 Å². The van der Waals surface area contributed by atoms with Gasteiger partial charge >= 0.3 is 0 Å². The van der Waals surface area contributed by atoms with Crippen LogP contribution in [-0.4, -0.2) is 20.7 Å². The van der Waals surface area contributed by atoms with E-state index in [2.05, 4.69) is 25.5 Å². The molecule has 1 N–H and O–H groups in total. The third-order valence-corrected chi connectivity index (χ3v) is 2.80. The molecule has 0 fully saturated rings. The number of nitrogens with zero attached hydrogens (tertiary/aromatic N) is 4. The van der Waals surface area contributed by atoms with Gasteiger partial charge in [0.2, 0.25) is 0 Å². The molecule has 0 aliphatic heterocycles. The van der Waals surface area contributed by atoms with E-state index in [0.29, 0.717) is 17.2 Å². The Bertz CT molecular complexity index is 670. The Morgan fingerprint density at radius 2 is 1.71 bits per heavy atom. The van der Waals surface area contributed by atoms with Crippen LogP contribution in [0.25, 0.3) is 0 Å². The van der Waals surface area contributed by atoms with Crippen molar-refractivity contribution < 1.29 is 0 Å². The molecular formula is C16H13N5. The summed E-state index contributed by atoms with van der Waals surface area (Å²) in [6.07, 6.45) is 6.68. The van der Waals surface area contributed by atoms with E-state index in [1.807, 2.05) is 48.5 Å². The molecular weight excluding hydrogens is 262 g/mol. The highest BCUT2D eigenvalue weighted by atomic mass is 15.3. The Morgan fingerprint density at radius 3 is 2.43 bits per heavy atom. The van der Waals surface area contributed by atoms with E-state index in [-0.39, 0.29) is 0 Å². The highest BCUT2D eigenvalue weighted by Crippen LogP contribution is 2.09. The van der Waals surface area contributed by atoms with Gasteiger partial charge in [-0.25, -0.2) is 4.98 Å². The molecule has 0 unspecified atom stereocenters. The van der Waals surface area contributed by atoms with Crippen molar-refractivity contribution in [1.29, 1.82) is 0 Å². The monoisotopic (exact) mass is 275 g/mol. The summed E-state index contributed by atoms with van der Waals surface area (Å²) in [4.78, 5) is 12.6. The minimum atomic E-state index is 0.676. The van der Waals surface area contributed by atoms with Crippen LogP contribution in [0, 0.1) is 0 Å². The van der Waals surface area contributed by atoms with Crippen LogP contribution < -0.4 is 5.43 Å². The predicted molar refractivity (Wildman–Crippen MR) is 82.0 cm³/mol. The van der Waals surface area contributed by atoms with Gasteiger partial charge in [0.15, 0.2) is 0 Å². The maximum absolute atomic E-state index is 4.44. The van der Waals surface area contributed by atoms with Gasteiger partial charge in [-0.2, -0.15) is 5.10 Å². The minimum Gasteiger partial charge on any atom is -0.261 e. The van der Waals surface area contributed by atoms with Gasteiger partial charge in [-0.3, -0.25) is 15.4 Å². The third-order valence-electron chi connectivity index (χ3n) is 2.80. The first-order valence-corrected chi connectivity index (χ1v) is 6.50. The second kappa shape index (κ2) is 6.38. The van der Waals surface area contributed by atoms with Crippen molar-refractivity contribution in [2.24, 2.45) is 5.10 Å². The second-order valence-electron chi connectivity index (χ2n) is 4.24. The first-order chi connectivity index (χ1) is 10.4. The van der Waals surface area contributed by atoms with Gasteiger partial charge in [-0.1, -0.05) is 36.4 Å². The SMILES string of the molecule is c1ccc(/C(=N/Nc2ccccn2)c2cnccn2)cc1. The van der Waals surface area contributed by atoms with Crippen molar-refractivity contribution in [2.45, 2.75) is 0 Å². The average Bonchev–Trinajstić information content (AvgIpc) is 2.58. The third kappa shape index (κ3) is 3.27. The minimum absolute atomic E-state index is 0.676. The summed E-state index contributed by atoms with van der Waals surface area (Å²) in [6, 6.07) is 15.4. The van der Waals surface area contributed by atoms with E-state index in [4.69, 9.17) is 0 Å². The molecule has 0 saturated carbocycles. The van der Waals surface area contributed by atoms with Crippen LogP contribution in [0.1, 0.15) is 11.3 Å². The fourth-order valence-electron chi connectivity index (χ4n) is 1.83. The lowest BCUT2D eigenvalue weighted by molar-refractivity contribution is 1.16. The van der Waals surface area contributed by atoms with Gasteiger partial charge in [-0.05, 0) is 12.1 Å². The molecule has 102 valence electrons. The zero-order chi connectivity index (χ0) is 14.3. The van der Waals surface area contributed by atoms with Crippen LogP contribution in [0.15, 0.2) is 78.4 Å². The lowest BCUT2D eigenvalue weighted by Crippen LogP contribution is -2.09. The van der Waals surface area contributed by atoms with Gasteiger partial charge in [0.25, 0.3) is 0 Å². The van der Waals surface area contributed by atoms with E-state index in [1.54, 1.807) is 24.8 Å². The van der Waals surface area contributed by atoms with Gasteiger partial charge in [-0.15, -0.1) is 0 Å². The summed E-state index contributed by atoms with van der Waals surface area (Å²) in [5.74, 6) is 0.676. The van der Waals surface area contributed by atoms with Crippen LogP contribution in [0.3, 0.4) is 0 Å². The van der Waals surface area contributed by atoms with Crippen molar-refractivity contribution in [2.75, 3.05) is 5.43 Å². The first-order valence-electron chi connectivity index (χ1n) is 6.50. The molecule has 3 aromatic rings. The molecule has 2 heterocycles. The Kier molecular flexibility index (Phi) is 3.93. The van der Waals surface area contributed by atoms with Crippen LogP contribution in [-0.2, 0) is 0 Å². The fraction of sp³-hybridized carbons (Fsp3) is 0. The number of rotatable bonds is 4. The lowest BCUT2D eigenvalue weighted by atomic mass is 10.1. The summed E-state index contributed by atoms with van der Waals surface area (Å²) >= 11 is 0. The maximum Gasteiger partial charge on any atom is 0.146 e. The van der Waals surface area contributed by atoms with Crippen LogP contribution in [0.4, 0.5) is 5.82 Å². The van der Waals surface area contributed by atoms with E-state index >= 15 is 0 Å². The number of aromatic nitrogens is 3. The number of hydrogen-bond acceptors (Lipinski definition) is 5. The molecule has 0 aliphatic carbocycles.